The lowest BCUT2D eigenvalue weighted by molar-refractivity contribution is -0.383. The van der Waals surface area contributed by atoms with E-state index >= 15 is 0 Å². The third kappa shape index (κ3) is 6.72. The number of hydrogen-bond acceptors (Lipinski definition) is 10. The molecule has 0 aliphatic rings. The lowest BCUT2D eigenvalue weighted by atomic mass is 10.2. The molecular weight excluding hydrogens is 430 g/mol. The van der Waals surface area contributed by atoms with E-state index in [0.29, 0.717) is 0 Å². The Balaban J connectivity index is 1.74. The molecule has 2 aromatic carbocycles. The highest BCUT2D eigenvalue weighted by Crippen LogP contribution is 2.27. The van der Waals surface area contributed by atoms with Crippen molar-refractivity contribution in [3.8, 4) is 0 Å². The molecular formula is C22H21N5O6. The van der Waals surface area contributed by atoms with Gasteiger partial charge in [0.25, 0.3) is 0 Å². The summed E-state index contributed by atoms with van der Waals surface area (Å²) < 4.78 is 10.5. The molecule has 0 radical (unpaired) electrons. The summed E-state index contributed by atoms with van der Waals surface area (Å²) in [4.78, 5) is 43.2. The van der Waals surface area contributed by atoms with Gasteiger partial charge in [-0.05, 0) is 11.1 Å². The van der Waals surface area contributed by atoms with Gasteiger partial charge in [-0.15, -0.1) is 0 Å². The smallest absolute Gasteiger partial charge is 0.353 e. The quantitative estimate of drug-likeness (QED) is 0.266. The molecule has 0 amide bonds. The molecule has 11 nitrogen and oxygen atoms in total. The summed E-state index contributed by atoms with van der Waals surface area (Å²) in [6, 6.07) is 16.6. The van der Waals surface area contributed by atoms with Gasteiger partial charge in [0.05, 0.1) is 11.3 Å². The normalized spacial score (nSPS) is 11.3. The molecule has 0 aliphatic heterocycles. The standard InChI is InChI=1S/C22H21N5O6/c23-20-19(27(30)31)21(25-14-24-20)26-17(22(29)33-13-16-9-5-2-6-10-16)11-18(28)32-12-15-7-3-1-4-8-15/h1-10,14,17H,11-13H2,(H3,23,24,25,26). The summed E-state index contributed by atoms with van der Waals surface area (Å²) in [6.45, 7) is -0.0447. The molecule has 11 heteroatoms. The molecule has 3 rings (SSSR count). The monoisotopic (exact) mass is 451 g/mol. The summed E-state index contributed by atoms with van der Waals surface area (Å²) in [5.74, 6) is -2.23. The van der Waals surface area contributed by atoms with Gasteiger partial charge in [-0.3, -0.25) is 14.9 Å². The average Bonchev–Trinajstić information content (AvgIpc) is 2.82. The maximum Gasteiger partial charge on any atom is 0.353 e. The van der Waals surface area contributed by atoms with Gasteiger partial charge in [0.15, 0.2) is 0 Å². The summed E-state index contributed by atoms with van der Waals surface area (Å²) in [7, 11) is 0. The topological polar surface area (TPSA) is 160 Å². The van der Waals surface area contributed by atoms with Crippen LogP contribution in [-0.4, -0.2) is 32.9 Å². The molecule has 0 saturated carbocycles. The third-order valence-electron chi connectivity index (χ3n) is 4.47. The summed E-state index contributed by atoms with van der Waals surface area (Å²) >= 11 is 0. The van der Waals surface area contributed by atoms with Crippen molar-refractivity contribution in [1.29, 1.82) is 0 Å². The van der Waals surface area contributed by atoms with Crippen LogP contribution in [0.3, 0.4) is 0 Å². The first kappa shape index (κ1) is 23.1. The molecule has 0 spiro atoms. The predicted molar refractivity (Wildman–Crippen MR) is 118 cm³/mol. The maximum atomic E-state index is 12.8. The van der Waals surface area contributed by atoms with Crippen molar-refractivity contribution in [2.75, 3.05) is 11.1 Å². The highest BCUT2D eigenvalue weighted by atomic mass is 16.6. The first-order valence-corrected chi connectivity index (χ1v) is 9.85. The van der Waals surface area contributed by atoms with Crippen molar-refractivity contribution in [3.63, 3.8) is 0 Å². The highest BCUT2D eigenvalue weighted by molar-refractivity contribution is 5.86. The zero-order chi connectivity index (χ0) is 23.6. The van der Waals surface area contributed by atoms with Crippen LogP contribution in [0.5, 0.6) is 0 Å². The second-order valence-electron chi connectivity index (χ2n) is 6.85. The van der Waals surface area contributed by atoms with E-state index in [0.717, 1.165) is 17.5 Å². The molecule has 1 heterocycles. The number of hydrogen-bond donors (Lipinski definition) is 2. The van der Waals surface area contributed by atoms with Crippen LogP contribution in [0, 0.1) is 10.1 Å². The molecule has 0 fully saturated rings. The number of nitrogens with one attached hydrogen (secondary N) is 1. The molecule has 3 aromatic rings. The molecule has 3 N–H and O–H groups in total. The Morgan fingerprint density at radius 1 is 0.970 bits per heavy atom. The Kier molecular flexibility index (Phi) is 7.84. The molecule has 0 saturated heterocycles. The number of nitro groups is 1. The van der Waals surface area contributed by atoms with E-state index in [1.54, 1.807) is 48.5 Å². The summed E-state index contributed by atoms with van der Waals surface area (Å²) in [5, 5.41) is 14.0. The Morgan fingerprint density at radius 2 is 1.55 bits per heavy atom. The van der Waals surface area contributed by atoms with Crippen LogP contribution in [0.15, 0.2) is 67.0 Å². The molecule has 0 aliphatic carbocycles. The Bertz CT molecular complexity index is 1110. The number of nitrogens with zero attached hydrogens (tertiary/aromatic N) is 3. The predicted octanol–water partition coefficient (Wildman–Crippen LogP) is 2.62. The number of rotatable bonds is 10. The zero-order valence-electron chi connectivity index (χ0n) is 17.4. The highest BCUT2D eigenvalue weighted by Gasteiger charge is 2.29. The molecule has 0 bridgehead atoms. The first-order chi connectivity index (χ1) is 15.9. The van der Waals surface area contributed by atoms with E-state index in [1.165, 1.54) is 0 Å². The van der Waals surface area contributed by atoms with Gasteiger partial charge in [-0.1, -0.05) is 60.7 Å². The Hall–Kier alpha value is -4.54. The zero-order valence-corrected chi connectivity index (χ0v) is 17.4. The van der Waals surface area contributed by atoms with Gasteiger partial charge in [-0.2, -0.15) is 0 Å². The second-order valence-corrected chi connectivity index (χ2v) is 6.85. The molecule has 1 atom stereocenters. The molecule has 1 unspecified atom stereocenters. The fraction of sp³-hybridized carbons (Fsp3) is 0.182. The fourth-order valence-corrected chi connectivity index (χ4v) is 2.83. The number of aromatic nitrogens is 2. The minimum absolute atomic E-state index is 0.00601. The van der Waals surface area contributed by atoms with E-state index in [-0.39, 0.29) is 24.8 Å². The third-order valence-corrected chi connectivity index (χ3v) is 4.47. The fourth-order valence-electron chi connectivity index (χ4n) is 2.83. The van der Waals surface area contributed by atoms with E-state index in [1.807, 2.05) is 12.1 Å². The van der Waals surface area contributed by atoms with E-state index in [9.17, 15) is 19.7 Å². The van der Waals surface area contributed by atoms with Crippen molar-refractivity contribution in [3.05, 3.63) is 88.2 Å². The lowest BCUT2D eigenvalue weighted by Crippen LogP contribution is -2.35. The van der Waals surface area contributed by atoms with E-state index in [2.05, 4.69) is 15.3 Å². The number of nitrogen functional groups attached to an aromatic ring is 1. The van der Waals surface area contributed by atoms with Gasteiger partial charge in [-0.25, -0.2) is 14.8 Å². The van der Waals surface area contributed by atoms with Gasteiger partial charge in [0.1, 0.15) is 25.6 Å². The van der Waals surface area contributed by atoms with Crippen molar-refractivity contribution in [1.82, 2.24) is 9.97 Å². The Morgan fingerprint density at radius 3 is 2.12 bits per heavy atom. The van der Waals surface area contributed by atoms with Crippen LogP contribution < -0.4 is 11.1 Å². The number of ether oxygens (including phenoxy) is 2. The number of anilines is 2. The lowest BCUT2D eigenvalue weighted by Gasteiger charge is -2.18. The number of nitrogens with two attached hydrogens (primary N) is 1. The molecule has 33 heavy (non-hydrogen) atoms. The van der Waals surface area contributed by atoms with Gasteiger partial charge >= 0.3 is 17.6 Å². The minimum Gasteiger partial charge on any atom is -0.461 e. The van der Waals surface area contributed by atoms with Crippen LogP contribution in [0.1, 0.15) is 17.5 Å². The van der Waals surface area contributed by atoms with Crippen LogP contribution in [0.4, 0.5) is 17.3 Å². The van der Waals surface area contributed by atoms with Gasteiger partial charge in [0, 0.05) is 0 Å². The Labute approximate surface area is 188 Å². The van der Waals surface area contributed by atoms with E-state index in [4.69, 9.17) is 15.2 Å². The van der Waals surface area contributed by atoms with Gasteiger partial charge in [0.2, 0.25) is 11.6 Å². The van der Waals surface area contributed by atoms with Gasteiger partial charge < -0.3 is 20.5 Å². The summed E-state index contributed by atoms with van der Waals surface area (Å²) in [6.07, 6.45) is 0.548. The van der Waals surface area contributed by atoms with Crippen LogP contribution in [0.2, 0.25) is 0 Å². The van der Waals surface area contributed by atoms with Crippen LogP contribution >= 0.6 is 0 Å². The van der Waals surface area contributed by atoms with Crippen LogP contribution in [0.25, 0.3) is 0 Å². The van der Waals surface area contributed by atoms with Crippen molar-refractivity contribution >= 4 is 29.3 Å². The van der Waals surface area contributed by atoms with Crippen molar-refractivity contribution in [2.24, 2.45) is 0 Å². The van der Waals surface area contributed by atoms with Crippen molar-refractivity contribution < 1.29 is 24.0 Å². The molecule has 1 aromatic heterocycles. The molecule has 170 valence electrons. The SMILES string of the molecule is Nc1ncnc(NC(CC(=O)OCc2ccccc2)C(=O)OCc2ccccc2)c1[N+](=O)[O-]. The first-order valence-electron chi connectivity index (χ1n) is 9.85. The van der Waals surface area contributed by atoms with E-state index < -0.39 is 35.0 Å². The largest absolute Gasteiger partial charge is 0.461 e. The number of carbonyl (C=O) groups excluding carboxylic acids is 2. The van der Waals surface area contributed by atoms with Crippen LogP contribution in [-0.2, 0) is 32.3 Å². The maximum absolute atomic E-state index is 12.8. The number of carbonyl (C=O) groups is 2. The van der Waals surface area contributed by atoms with Crippen molar-refractivity contribution in [2.45, 2.75) is 25.7 Å². The average molecular weight is 451 g/mol. The minimum atomic E-state index is -1.31. The number of esters is 2. The second kappa shape index (κ2) is 11.2. The number of benzene rings is 2. The summed E-state index contributed by atoms with van der Waals surface area (Å²) in [5.41, 5.74) is 6.46.